The second kappa shape index (κ2) is 14.5. The molecule has 3 aromatic carbocycles. The highest BCUT2D eigenvalue weighted by molar-refractivity contribution is 5.76. The second-order valence-electron chi connectivity index (χ2n) is 11.9. The van der Waals surface area contributed by atoms with Crippen LogP contribution in [-0.2, 0) is 43.3 Å². The van der Waals surface area contributed by atoms with Gasteiger partial charge in [0.1, 0.15) is 29.7 Å². The summed E-state index contributed by atoms with van der Waals surface area (Å²) >= 11 is 0. The zero-order valence-electron chi connectivity index (χ0n) is 26.2. The molecule has 12 heteroatoms. The predicted octanol–water partition coefficient (Wildman–Crippen LogP) is 6.07. The number of alkyl halides is 3. The van der Waals surface area contributed by atoms with Gasteiger partial charge >= 0.3 is 6.18 Å². The Hall–Kier alpha value is -4.45. The Kier molecular flexibility index (Phi) is 10.5. The van der Waals surface area contributed by atoms with Crippen LogP contribution >= 0.6 is 0 Å². The Labute approximate surface area is 269 Å². The van der Waals surface area contributed by atoms with Gasteiger partial charge in [-0.05, 0) is 92.3 Å². The van der Waals surface area contributed by atoms with Crippen molar-refractivity contribution in [3.63, 3.8) is 0 Å². The van der Waals surface area contributed by atoms with Gasteiger partial charge in [0.2, 0.25) is 5.91 Å². The fourth-order valence-electron chi connectivity index (χ4n) is 5.83. The van der Waals surface area contributed by atoms with Gasteiger partial charge in [-0.3, -0.25) is 9.59 Å². The normalized spacial score (nSPS) is 14.4. The molecule has 0 unspecified atom stereocenters. The fourth-order valence-corrected chi connectivity index (χ4v) is 5.83. The van der Waals surface area contributed by atoms with E-state index in [2.05, 4.69) is 15.0 Å². The van der Waals surface area contributed by atoms with E-state index in [0.29, 0.717) is 24.1 Å². The summed E-state index contributed by atoms with van der Waals surface area (Å²) in [6, 6.07) is 15.5. The molecule has 1 amide bonds. The maximum absolute atomic E-state index is 14.1. The Morgan fingerprint density at radius 2 is 1.49 bits per heavy atom. The van der Waals surface area contributed by atoms with Crippen LogP contribution in [0.15, 0.2) is 71.5 Å². The zero-order valence-corrected chi connectivity index (χ0v) is 26.2. The summed E-state index contributed by atoms with van der Waals surface area (Å²) in [5, 5.41) is 4.46. The molecule has 1 saturated heterocycles. The van der Waals surface area contributed by atoms with Crippen LogP contribution in [0.25, 0.3) is 11.1 Å². The average Bonchev–Trinajstić information content (AvgIpc) is 3.03. The van der Waals surface area contributed by atoms with E-state index < -0.39 is 28.9 Å². The maximum atomic E-state index is 14.1. The summed E-state index contributed by atoms with van der Waals surface area (Å²) in [6.07, 6.45) is -2.24. The van der Waals surface area contributed by atoms with Gasteiger partial charge in [0.15, 0.2) is 0 Å². The Morgan fingerprint density at radius 3 is 2.06 bits per heavy atom. The number of carbonyl (C=O) groups is 1. The van der Waals surface area contributed by atoms with Gasteiger partial charge in [-0.1, -0.05) is 43.3 Å². The van der Waals surface area contributed by atoms with Gasteiger partial charge in [0, 0.05) is 25.1 Å². The minimum Gasteiger partial charge on any atom is -0.334 e. The van der Waals surface area contributed by atoms with E-state index >= 15 is 0 Å². The van der Waals surface area contributed by atoms with Crippen LogP contribution in [0.5, 0.6) is 0 Å². The van der Waals surface area contributed by atoms with E-state index in [0.717, 1.165) is 55.3 Å². The standard InChI is InChI=1S/C35H36F5N5O2/c1-3-31-34(47)41-32(13-6-24-18-28(36)20-29(37)19-24)45(42-31)22-33(46)44(30-14-16-43(2)17-15-30)21-23-4-7-25(8-5-23)26-9-11-27(12-10-26)35(38,39)40/h4-5,7-12,18-20,30H,3,6,13-17,21-22H2,1-2H3. The number of hydrogen-bond acceptors (Lipinski definition) is 5. The average molecular weight is 654 g/mol. The molecule has 0 saturated carbocycles. The molecule has 47 heavy (non-hydrogen) atoms. The number of nitrogens with zero attached hydrogens (tertiary/aromatic N) is 5. The highest BCUT2D eigenvalue weighted by atomic mass is 19.4. The highest BCUT2D eigenvalue weighted by Gasteiger charge is 2.30. The second-order valence-corrected chi connectivity index (χ2v) is 11.9. The number of aryl methyl sites for hydroxylation is 3. The van der Waals surface area contributed by atoms with E-state index in [-0.39, 0.29) is 42.9 Å². The van der Waals surface area contributed by atoms with Crippen molar-refractivity contribution in [3.05, 3.63) is 117 Å². The van der Waals surface area contributed by atoms with Crippen molar-refractivity contribution in [2.45, 2.75) is 64.3 Å². The van der Waals surface area contributed by atoms with Crippen LogP contribution in [0.4, 0.5) is 22.0 Å². The summed E-state index contributed by atoms with van der Waals surface area (Å²) in [7, 11) is 2.03. The molecule has 0 bridgehead atoms. The molecule has 0 spiro atoms. The molecule has 1 fully saturated rings. The van der Waals surface area contributed by atoms with Crippen LogP contribution in [-0.4, -0.2) is 56.7 Å². The van der Waals surface area contributed by atoms with Crippen LogP contribution < -0.4 is 5.56 Å². The molecule has 0 N–H and O–H groups in total. The number of aromatic nitrogens is 3. The number of benzene rings is 3. The smallest absolute Gasteiger partial charge is 0.334 e. The highest BCUT2D eigenvalue weighted by Crippen LogP contribution is 2.31. The molecule has 7 nitrogen and oxygen atoms in total. The lowest BCUT2D eigenvalue weighted by atomic mass is 10.0. The van der Waals surface area contributed by atoms with E-state index in [9.17, 15) is 31.5 Å². The molecule has 4 aromatic rings. The summed E-state index contributed by atoms with van der Waals surface area (Å²) in [5.41, 5.74) is 1.63. The van der Waals surface area contributed by atoms with Crippen LogP contribution in [0.2, 0.25) is 0 Å². The summed E-state index contributed by atoms with van der Waals surface area (Å²) < 4.78 is 68.0. The van der Waals surface area contributed by atoms with Gasteiger partial charge < -0.3 is 9.80 Å². The van der Waals surface area contributed by atoms with Gasteiger partial charge in [-0.15, -0.1) is 0 Å². The number of piperidine rings is 1. The topological polar surface area (TPSA) is 71.3 Å². The molecule has 248 valence electrons. The quantitative estimate of drug-likeness (QED) is 0.194. The molecule has 0 aliphatic carbocycles. The fraction of sp³-hybridized carbons (Fsp3) is 0.371. The Morgan fingerprint density at radius 1 is 0.894 bits per heavy atom. The van der Waals surface area contributed by atoms with Crippen molar-refractivity contribution in [2.24, 2.45) is 0 Å². The molecule has 5 rings (SSSR count). The predicted molar refractivity (Wildman–Crippen MR) is 167 cm³/mol. The van der Waals surface area contributed by atoms with Crippen molar-refractivity contribution >= 4 is 5.91 Å². The number of halogens is 5. The van der Waals surface area contributed by atoms with E-state index in [1.807, 2.05) is 36.2 Å². The number of carbonyl (C=O) groups excluding carboxylic acids is 1. The molecule has 2 heterocycles. The lowest BCUT2D eigenvalue weighted by molar-refractivity contribution is -0.138. The van der Waals surface area contributed by atoms with Gasteiger partial charge in [-0.2, -0.15) is 23.3 Å². The first-order valence-electron chi connectivity index (χ1n) is 15.6. The first kappa shape index (κ1) is 33.9. The molecular formula is C35H36F5N5O2. The molecule has 0 radical (unpaired) electrons. The van der Waals surface area contributed by atoms with E-state index in [4.69, 9.17) is 0 Å². The number of rotatable bonds is 10. The molecular weight excluding hydrogens is 617 g/mol. The number of amides is 1. The first-order valence-corrected chi connectivity index (χ1v) is 15.6. The van der Waals surface area contributed by atoms with E-state index in [1.165, 1.54) is 28.9 Å². The first-order chi connectivity index (χ1) is 22.4. The lowest BCUT2D eigenvalue weighted by Gasteiger charge is -2.37. The Balaban J connectivity index is 1.38. The van der Waals surface area contributed by atoms with Crippen molar-refractivity contribution in [1.82, 2.24) is 24.6 Å². The molecule has 1 aliphatic heterocycles. The largest absolute Gasteiger partial charge is 0.416 e. The third kappa shape index (κ3) is 8.68. The number of likely N-dealkylation sites (tertiary alicyclic amines) is 1. The summed E-state index contributed by atoms with van der Waals surface area (Å²) in [5.74, 6) is -1.39. The number of hydrogen-bond donors (Lipinski definition) is 0. The monoisotopic (exact) mass is 653 g/mol. The van der Waals surface area contributed by atoms with Gasteiger partial charge in [-0.25, -0.2) is 13.5 Å². The zero-order chi connectivity index (χ0) is 33.7. The minimum absolute atomic E-state index is 0.0509. The van der Waals surface area contributed by atoms with Crippen LogP contribution in [0, 0.1) is 11.6 Å². The van der Waals surface area contributed by atoms with Gasteiger partial charge in [0.25, 0.3) is 5.56 Å². The Bertz CT molecular complexity index is 1730. The van der Waals surface area contributed by atoms with Crippen molar-refractivity contribution in [1.29, 1.82) is 0 Å². The van der Waals surface area contributed by atoms with Crippen molar-refractivity contribution in [3.8, 4) is 11.1 Å². The van der Waals surface area contributed by atoms with Crippen LogP contribution in [0.3, 0.4) is 0 Å². The molecule has 1 aromatic heterocycles. The van der Waals surface area contributed by atoms with Crippen molar-refractivity contribution < 1.29 is 26.7 Å². The molecule has 1 aliphatic rings. The third-order valence-electron chi connectivity index (χ3n) is 8.50. The molecule has 0 atom stereocenters. The third-order valence-corrected chi connectivity index (χ3v) is 8.50. The maximum Gasteiger partial charge on any atom is 0.416 e. The SMILES string of the molecule is CCc1nn(CC(=O)N(Cc2ccc(-c3ccc(C(F)(F)F)cc3)cc2)C2CCN(C)CC2)c(CCc2cc(F)cc(F)c2)nc1=O. The summed E-state index contributed by atoms with van der Waals surface area (Å²) in [4.78, 5) is 34.9. The van der Waals surface area contributed by atoms with Gasteiger partial charge in [0.05, 0.1) is 5.56 Å². The lowest BCUT2D eigenvalue weighted by Crippen LogP contribution is -2.47. The minimum atomic E-state index is -4.41. The summed E-state index contributed by atoms with van der Waals surface area (Å²) in [6.45, 7) is 3.52. The van der Waals surface area contributed by atoms with Crippen molar-refractivity contribution in [2.75, 3.05) is 20.1 Å². The van der Waals surface area contributed by atoms with E-state index in [1.54, 1.807) is 6.92 Å². The van der Waals surface area contributed by atoms with Crippen LogP contribution in [0.1, 0.15) is 48.0 Å².